The molecule has 2 rings (SSSR count). The van der Waals surface area contributed by atoms with E-state index in [0.29, 0.717) is 6.10 Å². The van der Waals surface area contributed by atoms with Gasteiger partial charge in [-0.1, -0.05) is 17.7 Å². The van der Waals surface area contributed by atoms with Crippen molar-refractivity contribution >= 4 is 5.69 Å². The van der Waals surface area contributed by atoms with Gasteiger partial charge in [-0.05, 0) is 32.5 Å². The van der Waals surface area contributed by atoms with Crippen molar-refractivity contribution in [2.45, 2.75) is 26.5 Å². The van der Waals surface area contributed by atoms with E-state index >= 15 is 0 Å². The first kappa shape index (κ1) is 12.4. The third-order valence-corrected chi connectivity index (χ3v) is 3.18. The number of ether oxygens (including phenoxy) is 1. The van der Waals surface area contributed by atoms with Gasteiger partial charge in [-0.3, -0.25) is 0 Å². The molecule has 1 unspecified atom stereocenters. The van der Waals surface area contributed by atoms with Gasteiger partial charge in [-0.25, -0.2) is 0 Å². The average molecular weight is 234 g/mol. The molecule has 94 valence electrons. The summed E-state index contributed by atoms with van der Waals surface area (Å²) < 4.78 is 5.60. The second-order valence-electron chi connectivity index (χ2n) is 4.79. The molecule has 0 spiro atoms. The maximum atomic E-state index is 5.60. The topological polar surface area (TPSA) is 24.5 Å². The molecule has 1 saturated heterocycles. The van der Waals surface area contributed by atoms with E-state index in [0.717, 1.165) is 26.2 Å². The Morgan fingerprint density at radius 2 is 2.29 bits per heavy atom. The molecule has 1 aromatic carbocycles. The minimum absolute atomic E-state index is 0.326. The van der Waals surface area contributed by atoms with Gasteiger partial charge in [0.25, 0.3) is 0 Å². The summed E-state index contributed by atoms with van der Waals surface area (Å²) in [6.45, 7) is 8.00. The molecule has 1 fully saturated rings. The van der Waals surface area contributed by atoms with Gasteiger partial charge in [0.1, 0.15) is 0 Å². The van der Waals surface area contributed by atoms with Gasteiger partial charge in [-0.2, -0.15) is 0 Å². The maximum absolute atomic E-state index is 5.60. The fourth-order valence-corrected chi connectivity index (χ4v) is 2.39. The molecule has 0 saturated carbocycles. The van der Waals surface area contributed by atoms with E-state index < -0.39 is 0 Å². The van der Waals surface area contributed by atoms with Gasteiger partial charge in [0.2, 0.25) is 0 Å². The molecule has 3 heteroatoms. The minimum Gasteiger partial charge on any atom is -0.375 e. The zero-order valence-electron chi connectivity index (χ0n) is 11.0. The van der Waals surface area contributed by atoms with Crippen LogP contribution in [0.2, 0.25) is 0 Å². The van der Waals surface area contributed by atoms with E-state index in [2.05, 4.69) is 42.3 Å². The van der Waals surface area contributed by atoms with Crippen LogP contribution in [0.1, 0.15) is 18.1 Å². The third kappa shape index (κ3) is 2.99. The Labute approximate surface area is 104 Å². The molecule has 0 aromatic heterocycles. The van der Waals surface area contributed by atoms with E-state index in [9.17, 15) is 0 Å². The molecule has 1 atom stereocenters. The molecule has 3 nitrogen and oxygen atoms in total. The Balaban J connectivity index is 2.23. The molecule has 1 aromatic rings. The summed E-state index contributed by atoms with van der Waals surface area (Å²) in [5.41, 5.74) is 4.04. The zero-order chi connectivity index (χ0) is 12.3. The average Bonchev–Trinajstić information content (AvgIpc) is 2.29. The number of rotatable bonds is 3. The molecule has 1 aliphatic rings. The molecule has 0 aliphatic carbocycles. The van der Waals surface area contributed by atoms with Gasteiger partial charge in [0, 0.05) is 25.3 Å². The molecule has 0 amide bonds. The summed E-state index contributed by atoms with van der Waals surface area (Å²) in [7, 11) is 1.99. The van der Waals surface area contributed by atoms with Gasteiger partial charge in [0.05, 0.1) is 12.7 Å². The minimum atomic E-state index is 0.326. The van der Waals surface area contributed by atoms with E-state index in [1.807, 2.05) is 7.05 Å². The number of hydrogen-bond acceptors (Lipinski definition) is 3. The first-order chi connectivity index (χ1) is 8.20. The third-order valence-electron chi connectivity index (χ3n) is 3.18. The second-order valence-corrected chi connectivity index (χ2v) is 4.79. The van der Waals surface area contributed by atoms with Crippen LogP contribution in [-0.2, 0) is 11.3 Å². The van der Waals surface area contributed by atoms with Crippen LogP contribution >= 0.6 is 0 Å². The highest BCUT2D eigenvalue weighted by Crippen LogP contribution is 2.24. The molecule has 1 aliphatic heterocycles. The van der Waals surface area contributed by atoms with Crippen molar-refractivity contribution in [3.05, 3.63) is 29.3 Å². The van der Waals surface area contributed by atoms with Crippen molar-refractivity contribution in [2.75, 3.05) is 31.6 Å². The number of nitrogens with one attached hydrogen (secondary N) is 1. The fourth-order valence-electron chi connectivity index (χ4n) is 2.39. The summed E-state index contributed by atoms with van der Waals surface area (Å²) >= 11 is 0. The van der Waals surface area contributed by atoms with Crippen LogP contribution in [0.5, 0.6) is 0 Å². The van der Waals surface area contributed by atoms with Crippen molar-refractivity contribution in [1.82, 2.24) is 5.32 Å². The number of aryl methyl sites for hydroxylation is 1. The quantitative estimate of drug-likeness (QED) is 0.865. The highest BCUT2D eigenvalue weighted by molar-refractivity contribution is 5.55. The van der Waals surface area contributed by atoms with E-state index in [4.69, 9.17) is 4.74 Å². The summed E-state index contributed by atoms with van der Waals surface area (Å²) in [6.07, 6.45) is 0.326. The number of morpholine rings is 1. The first-order valence-electron chi connectivity index (χ1n) is 6.31. The molecular weight excluding hydrogens is 212 g/mol. The lowest BCUT2D eigenvalue weighted by molar-refractivity contribution is 0.0531. The van der Waals surface area contributed by atoms with Gasteiger partial charge >= 0.3 is 0 Å². The normalized spacial score (nSPS) is 20.6. The molecular formula is C14H22N2O. The van der Waals surface area contributed by atoms with E-state index in [-0.39, 0.29) is 0 Å². The molecule has 0 bridgehead atoms. The lowest BCUT2D eigenvalue weighted by Crippen LogP contribution is -2.41. The van der Waals surface area contributed by atoms with E-state index in [1.54, 1.807) is 0 Å². The van der Waals surface area contributed by atoms with E-state index in [1.165, 1.54) is 16.8 Å². The molecule has 17 heavy (non-hydrogen) atoms. The van der Waals surface area contributed by atoms with Crippen molar-refractivity contribution in [2.24, 2.45) is 0 Å². The van der Waals surface area contributed by atoms with Crippen molar-refractivity contribution in [3.8, 4) is 0 Å². The number of hydrogen-bond donors (Lipinski definition) is 1. The van der Waals surface area contributed by atoms with Crippen LogP contribution in [0.4, 0.5) is 5.69 Å². The predicted octanol–water partition coefficient (Wildman–Crippen LogP) is 1.94. The van der Waals surface area contributed by atoms with Gasteiger partial charge in [-0.15, -0.1) is 0 Å². The highest BCUT2D eigenvalue weighted by Gasteiger charge is 2.18. The Hall–Kier alpha value is -1.06. The SMILES string of the molecule is CNCc1cc(C)ccc1N1CCOC(C)C1. The fraction of sp³-hybridized carbons (Fsp3) is 0.571. The number of anilines is 1. The Kier molecular flexibility index (Phi) is 4.02. The largest absolute Gasteiger partial charge is 0.375 e. The standard InChI is InChI=1S/C14H22N2O/c1-11-4-5-14(13(8-11)9-15-3)16-6-7-17-12(2)10-16/h4-5,8,12,15H,6-7,9-10H2,1-3H3. The number of nitrogens with zero attached hydrogens (tertiary/aromatic N) is 1. The predicted molar refractivity (Wildman–Crippen MR) is 71.6 cm³/mol. The number of benzene rings is 1. The summed E-state index contributed by atoms with van der Waals surface area (Å²) in [5, 5.41) is 3.24. The Morgan fingerprint density at radius 1 is 1.47 bits per heavy atom. The maximum Gasteiger partial charge on any atom is 0.0722 e. The monoisotopic (exact) mass is 234 g/mol. The van der Waals surface area contributed by atoms with Crippen molar-refractivity contribution < 1.29 is 4.74 Å². The lowest BCUT2D eigenvalue weighted by Gasteiger charge is -2.34. The van der Waals surface area contributed by atoms with Crippen LogP contribution < -0.4 is 10.2 Å². The lowest BCUT2D eigenvalue weighted by atomic mass is 10.1. The Bertz CT molecular complexity index is 378. The Morgan fingerprint density at radius 3 is 3.00 bits per heavy atom. The van der Waals surface area contributed by atoms with Gasteiger partial charge < -0.3 is 15.0 Å². The summed E-state index contributed by atoms with van der Waals surface area (Å²) in [6, 6.07) is 6.70. The van der Waals surface area contributed by atoms with Crippen LogP contribution in [0.3, 0.4) is 0 Å². The van der Waals surface area contributed by atoms with Crippen LogP contribution in [0, 0.1) is 6.92 Å². The molecule has 0 radical (unpaired) electrons. The van der Waals surface area contributed by atoms with Gasteiger partial charge in [0.15, 0.2) is 0 Å². The van der Waals surface area contributed by atoms with Crippen LogP contribution in [0.25, 0.3) is 0 Å². The second kappa shape index (κ2) is 5.52. The van der Waals surface area contributed by atoms with Crippen LogP contribution in [0.15, 0.2) is 18.2 Å². The smallest absolute Gasteiger partial charge is 0.0722 e. The summed E-state index contributed by atoms with van der Waals surface area (Å²) in [4.78, 5) is 2.43. The zero-order valence-corrected chi connectivity index (χ0v) is 11.0. The van der Waals surface area contributed by atoms with Crippen molar-refractivity contribution in [1.29, 1.82) is 0 Å². The summed E-state index contributed by atoms with van der Waals surface area (Å²) in [5.74, 6) is 0. The van der Waals surface area contributed by atoms with Crippen LogP contribution in [-0.4, -0.2) is 32.8 Å². The molecule has 1 N–H and O–H groups in total. The highest BCUT2D eigenvalue weighted by atomic mass is 16.5. The first-order valence-corrected chi connectivity index (χ1v) is 6.31. The van der Waals surface area contributed by atoms with Crippen molar-refractivity contribution in [3.63, 3.8) is 0 Å². The molecule has 1 heterocycles.